The maximum absolute atomic E-state index is 12.4. The van der Waals surface area contributed by atoms with Crippen molar-refractivity contribution in [3.05, 3.63) is 34.5 Å². The molecule has 1 amide bonds. The fourth-order valence-electron chi connectivity index (χ4n) is 2.61. The van der Waals surface area contributed by atoms with Gasteiger partial charge in [0.1, 0.15) is 5.69 Å². The lowest BCUT2D eigenvalue weighted by Crippen LogP contribution is -2.41. The minimum atomic E-state index is -0.263. The first-order valence-corrected chi connectivity index (χ1v) is 6.56. The number of rotatable bonds is 2. The lowest BCUT2D eigenvalue weighted by Gasteiger charge is -2.32. The predicted molar refractivity (Wildman–Crippen MR) is 70.2 cm³/mol. The molecule has 0 aliphatic carbocycles. The molecular formula is C12H16N6O2. The van der Waals surface area contributed by atoms with Crippen LogP contribution >= 0.6 is 0 Å². The second-order valence-corrected chi connectivity index (χ2v) is 4.99. The summed E-state index contributed by atoms with van der Waals surface area (Å²) >= 11 is 0. The van der Waals surface area contributed by atoms with Crippen LogP contribution in [0.1, 0.15) is 29.4 Å². The Morgan fingerprint density at radius 2 is 2.35 bits per heavy atom. The average Bonchev–Trinajstić information content (AvgIpc) is 3.08. The van der Waals surface area contributed by atoms with Gasteiger partial charge in [-0.05, 0) is 12.8 Å². The van der Waals surface area contributed by atoms with Crippen LogP contribution in [0, 0.1) is 0 Å². The van der Waals surface area contributed by atoms with Crippen molar-refractivity contribution < 1.29 is 4.79 Å². The molecule has 0 aromatic carbocycles. The zero-order chi connectivity index (χ0) is 14.1. The molecule has 1 fully saturated rings. The van der Waals surface area contributed by atoms with Gasteiger partial charge in [-0.1, -0.05) is 5.21 Å². The highest BCUT2D eigenvalue weighted by Crippen LogP contribution is 2.21. The number of likely N-dealkylation sites (tertiary alicyclic amines) is 1. The third-order valence-corrected chi connectivity index (χ3v) is 3.63. The summed E-state index contributed by atoms with van der Waals surface area (Å²) in [7, 11) is 1.66. The first kappa shape index (κ1) is 12.6. The molecule has 0 spiro atoms. The van der Waals surface area contributed by atoms with Gasteiger partial charge in [0.05, 0.1) is 12.2 Å². The molecule has 106 valence electrons. The van der Waals surface area contributed by atoms with Gasteiger partial charge < -0.3 is 4.90 Å². The molecule has 1 aliphatic rings. The molecule has 1 unspecified atom stereocenters. The van der Waals surface area contributed by atoms with Crippen LogP contribution in [-0.2, 0) is 7.05 Å². The molecule has 3 heterocycles. The second kappa shape index (κ2) is 4.95. The lowest BCUT2D eigenvalue weighted by molar-refractivity contribution is 0.0660. The maximum Gasteiger partial charge on any atom is 0.272 e. The molecule has 8 nitrogen and oxygen atoms in total. The molecule has 0 radical (unpaired) electrons. The van der Waals surface area contributed by atoms with E-state index in [4.69, 9.17) is 0 Å². The van der Waals surface area contributed by atoms with Gasteiger partial charge in [-0.2, -0.15) is 0 Å². The molecule has 1 saturated heterocycles. The van der Waals surface area contributed by atoms with Gasteiger partial charge in [0.25, 0.3) is 11.5 Å². The number of hydrogen-bond donors (Lipinski definition) is 1. The highest BCUT2D eigenvalue weighted by atomic mass is 16.2. The highest BCUT2D eigenvalue weighted by Gasteiger charge is 2.27. The largest absolute Gasteiger partial charge is 0.335 e. The number of carbonyl (C=O) groups is 1. The topological polar surface area (TPSA) is 88.8 Å². The standard InChI is InChI=1S/C12H16N6O2/c1-16-10(7-11(19)14-16)12(20)17-5-2-3-9(8-17)18-6-4-13-15-18/h4,6-7,9H,2-3,5,8H2,1H3,(H,14,19). The molecular weight excluding hydrogens is 260 g/mol. The normalized spacial score (nSPS) is 19.2. The van der Waals surface area contributed by atoms with E-state index >= 15 is 0 Å². The van der Waals surface area contributed by atoms with E-state index < -0.39 is 0 Å². The molecule has 0 bridgehead atoms. The van der Waals surface area contributed by atoms with Crippen LogP contribution < -0.4 is 5.56 Å². The lowest BCUT2D eigenvalue weighted by atomic mass is 10.1. The molecule has 2 aromatic rings. The number of aromatic amines is 1. The number of H-pyrrole nitrogens is 1. The van der Waals surface area contributed by atoms with Gasteiger partial charge in [-0.3, -0.25) is 19.4 Å². The summed E-state index contributed by atoms with van der Waals surface area (Å²) in [5, 5.41) is 10.3. The smallest absolute Gasteiger partial charge is 0.272 e. The highest BCUT2D eigenvalue weighted by molar-refractivity contribution is 5.92. The number of nitrogens with zero attached hydrogens (tertiary/aromatic N) is 5. The van der Waals surface area contributed by atoms with Crippen molar-refractivity contribution in [2.45, 2.75) is 18.9 Å². The number of piperidine rings is 1. The Kier molecular flexibility index (Phi) is 3.13. The minimum Gasteiger partial charge on any atom is -0.335 e. The molecule has 2 aromatic heterocycles. The Bertz CT molecular complexity index is 656. The van der Waals surface area contributed by atoms with E-state index in [-0.39, 0.29) is 17.5 Å². The maximum atomic E-state index is 12.4. The molecule has 1 N–H and O–H groups in total. The van der Waals surface area contributed by atoms with E-state index in [1.54, 1.807) is 22.8 Å². The monoisotopic (exact) mass is 276 g/mol. The molecule has 0 saturated carbocycles. The number of aromatic nitrogens is 5. The Labute approximate surface area is 115 Å². The Morgan fingerprint density at radius 3 is 3.00 bits per heavy atom. The predicted octanol–water partition coefficient (Wildman–Crippen LogP) is -0.218. The fourth-order valence-corrected chi connectivity index (χ4v) is 2.61. The third kappa shape index (κ3) is 2.24. The Hall–Kier alpha value is -2.38. The average molecular weight is 276 g/mol. The summed E-state index contributed by atoms with van der Waals surface area (Å²) in [6.07, 6.45) is 5.33. The molecule has 8 heteroatoms. The Morgan fingerprint density at radius 1 is 1.50 bits per heavy atom. The second-order valence-electron chi connectivity index (χ2n) is 4.99. The van der Waals surface area contributed by atoms with Gasteiger partial charge in [-0.25, -0.2) is 4.68 Å². The van der Waals surface area contributed by atoms with E-state index in [9.17, 15) is 9.59 Å². The summed E-state index contributed by atoms with van der Waals surface area (Å²) in [6.45, 7) is 1.28. The number of nitrogens with one attached hydrogen (secondary N) is 1. The van der Waals surface area contributed by atoms with Crippen LogP contribution in [0.2, 0.25) is 0 Å². The van der Waals surface area contributed by atoms with Gasteiger partial charge in [0, 0.05) is 32.4 Å². The first-order valence-electron chi connectivity index (χ1n) is 6.56. The van der Waals surface area contributed by atoms with Crippen LogP contribution in [0.25, 0.3) is 0 Å². The summed E-state index contributed by atoms with van der Waals surface area (Å²) in [6, 6.07) is 1.48. The van der Waals surface area contributed by atoms with Crippen LogP contribution in [0.3, 0.4) is 0 Å². The molecule has 1 atom stereocenters. The number of hydrogen-bond acceptors (Lipinski definition) is 4. The SMILES string of the molecule is Cn1[nH]c(=O)cc1C(=O)N1CCCC(n2ccnn2)C1. The van der Waals surface area contributed by atoms with E-state index in [0.717, 1.165) is 12.8 Å². The van der Waals surface area contributed by atoms with Crippen molar-refractivity contribution in [1.29, 1.82) is 0 Å². The molecule has 20 heavy (non-hydrogen) atoms. The number of carbonyl (C=O) groups excluding carboxylic acids is 1. The third-order valence-electron chi connectivity index (χ3n) is 3.63. The quantitative estimate of drug-likeness (QED) is 0.821. The van der Waals surface area contributed by atoms with Crippen molar-refractivity contribution in [2.75, 3.05) is 13.1 Å². The molecule has 1 aliphatic heterocycles. The first-order chi connectivity index (χ1) is 9.65. The zero-order valence-corrected chi connectivity index (χ0v) is 11.2. The number of aryl methyl sites for hydroxylation is 1. The van der Waals surface area contributed by atoms with Gasteiger partial charge in [0.2, 0.25) is 0 Å². The number of amides is 1. The molecule has 3 rings (SSSR count). The minimum absolute atomic E-state index is 0.129. The van der Waals surface area contributed by atoms with E-state index in [0.29, 0.717) is 18.8 Å². The van der Waals surface area contributed by atoms with Crippen molar-refractivity contribution in [3.8, 4) is 0 Å². The summed E-state index contributed by atoms with van der Waals surface area (Å²) in [4.78, 5) is 25.5. The summed E-state index contributed by atoms with van der Waals surface area (Å²) < 4.78 is 3.25. The van der Waals surface area contributed by atoms with Crippen LogP contribution in [0.4, 0.5) is 0 Å². The van der Waals surface area contributed by atoms with E-state index in [2.05, 4.69) is 15.4 Å². The van der Waals surface area contributed by atoms with E-state index in [1.807, 2.05) is 6.20 Å². The van der Waals surface area contributed by atoms with Crippen molar-refractivity contribution in [1.82, 2.24) is 29.7 Å². The fraction of sp³-hybridized carbons (Fsp3) is 0.500. The van der Waals surface area contributed by atoms with Crippen LogP contribution in [0.15, 0.2) is 23.3 Å². The van der Waals surface area contributed by atoms with Crippen LogP contribution in [0.5, 0.6) is 0 Å². The zero-order valence-electron chi connectivity index (χ0n) is 11.2. The van der Waals surface area contributed by atoms with Gasteiger partial charge >= 0.3 is 0 Å². The van der Waals surface area contributed by atoms with Crippen molar-refractivity contribution in [2.24, 2.45) is 7.05 Å². The summed E-state index contributed by atoms with van der Waals surface area (Å²) in [5.41, 5.74) is 0.120. The summed E-state index contributed by atoms with van der Waals surface area (Å²) in [5.74, 6) is -0.129. The van der Waals surface area contributed by atoms with Crippen molar-refractivity contribution in [3.63, 3.8) is 0 Å². The van der Waals surface area contributed by atoms with Gasteiger partial charge in [-0.15, -0.1) is 5.10 Å². The Balaban J connectivity index is 1.78. The van der Waals surface area contributed by atoms with Crippen molar-refractivity contribution >= 4 is 5.91 Å². The van der Waals surface area contributed by atoms with Crippen LogP contribution in [-0.4, -0.2) is 48.7 Å². The van der Waals surface area contributed by atoms with E-state index in [1.165, 1.54) is 10.7 Å². The van der Waals surface area contributed by atoms with Gasteiger partial charge in [0.15, 0.2) is 0 Å².